The van der Waals surface area contributed by atoms with E-state index in [1.165, 1.54) is 127 Å². The van der Waals surface area contributed by atoms with Gasteiger partial charge in [-0.15, -0.1) is 0 Å². The summed E-state index contributed by atoms with van der Waals surface area (Å²) in [5, 5.41) is 7.49. The van der Waals surface area contributed by atoms with Crippen molar-refractivity contribution in [1.82, 2.24) is 0 Å². The molecule has 0 fully saturated rings. The van der Waals surface area contributed by atoms with Gasteiger partial charge in [-0.3, -0.25) is 0 Å². The summed E-state index contributed by atoms with van der Waals surface area (Å²) in [7, 11) is 0. The van der Waals surface area contributed by atoms with E-state index in [9.17, 15) is 0 Å². The minimum atomic E-state index is 0.119. The fraction of sp³-hybridized carbons (Fsp3) is 0.0149. The van der Waals surface area contributed by atoms with E-state index in [1.807, 2.05) is 0 Å². The first-order valence-electron chi connectivity index (χ1n) is 23.4. The molecule has 0 aliphatic heterocycles. The Morgan fingerprint density at radius 1 is 0.194 bits per heavy atom. The normalized spacial score (nSPS) is 12.9. The molecule has 1 aliphatic carbocycles. The first kappa shape index (κ1) is 38.8. The van der Waals surface area contributed by atoms with Crippen LogP contribution in [0.25, 0.3) is 110 Å². The van der Waals surface area contributed by atoms with Crippen molar-refractivity contribution in [3.63, 3.8) is 0 Å². The highest BCUT2D eigenvalue weighted by Crippen LogP contribution is 2.52. The van der Waals surface area contributed by atoms with E-state index in [-0.39, 0.29) is 5.92 Å². The van der Waals surface area contributed by atoms with Gasteiger partial charge in [0, 0.05) is 5.92 Å². The molecule has 0 N–H and O–H groups in total. The Hall–Kier alpha value is -8.58. The van der Waals surface area contributed by atoms with Crippen LogP contribution in [0.3, 0.4) is 0 Å². The van der Waals surface area contributed by atoms with E-state index in [0.29, 0.717) is 0 Å². The van der Waals surface area contributed by atoms with Crippen LogP contribution in [0, 0.1) is 0 Å². The Balaban J connectivity index is 0.996. The molecule has 67 heavy (non-hydrogen) atoms. The smallest absolute Gasteiger partial charge is 0.0352 e. The Morgan fingerprint density at radius 2 is 0.627 bits per heavy atom. The van der Waals surface area contributed by atoms with Crippen molar-refractivity contribution in [3.05, 3.63) is 278 Å². The summed E-state index contributed by atoms with van der Waals surface area (Å²) in [5.74, 6) is 0.119. The molecule has 12 aromatic rings. The van der Waals surface area contributed by atoms with Crippen LogP contribution >= 0.6 is 0 Å². The largest absolute Gasteiger partial charge is 0.0622 e. The predicted octanol–water partition coefficient (Wildman–Crippen LogP) is 18.3. The summed E-state index contributed by atoms with van der Waals surface area (Å²) >= 11 is 0. The van der Waals surface area contributed by atoms with Crippen LogP contribution in [-0.2, 0) is 0 Å². The number of fused-ring (bicyclic) bond motifs is 6. The molecule has 312 valence electrons. The maximum atomic E-state index is 2.50. The highest BCUT2D eigenvalue weighted by Gasteiger charge is 2.31. The van der Waals surface area contributed by atoms with Gasteiger partial charge in [-0.1, -0.05) is 237 Å². The van der Waals surface area contributed by atoms with Gasteiger partial charge in [0.05, 0.1) is 0 Å². The average Bonchev–Trinajstić information content (AvgIpc) is 3.74. The summed E-state index contributed by atoms with van der Waals surface area (Å²) in [5.41, 5.74) is 21.4. The quantitative estimate of drug-likeness (QED) is 0.140. The third-order valence-electron chi connectivity index (χ3n) is 14.1. The van der Waals surface area contributed by atoms with Gasteiger partial charge in [0.15, 0.2) is 0 Å². The van der Waals surface area contributed by atoms with Gasteiger partial charge in [0.2, 0.25) is 0 Å². The van der Waals surface area contributed by atoms with E-state index >= 15 is 0 Å². The lowest BCUT2D eigenvalue weighted by atomic mass is 9.82. The summed E-state index contributed by atoms with van der Waals surface area (Å²) < 4.78 is 0. The van der Waals surface area contributed by atoms with E-state index in [4.69, 9.17) is 0 Å². The second-order valence-corrected chi connectivity index (χ2v) is 17.9. The minimum Gasteiger partial charge on any atom is -0.0622 e. The minimum absolute atomic E-state index is 0.119. The van der Waals surface area contributed by atoms with Crippen LogP contribution < -0.4 is 0 Å². The number of benzene rings is 12. The third-order valence-corrected chi connectivity index (χ3v) is 14.1. The molecule has 12 aromatic carbocycles. The topological polar surface area (TPSA) is 0 Å². The van der Waals surface area contributed by atoms with Crippen LogP contribution in [0.15, 0.2) is 261 Å². The van der Waals surface area contributed by atoms with E-state index < -0.39 is 0 Å². The van der Waals surface area contributed by atoms with E-state index in [2.05, 4.69) is 261 Å². The molecular weight excluding hydrogens is 805 g/mol. The Morgan fingerprint density at radius 3 is 1.24 bits per heavy atom. The third kappa shape index (κ3) is 6.60. The maximum absolute atomic E-state index is 2.50. The second kappa shape index (κ2) is 16.1. The van der Waals surface area contributed by atoms with Gasteiger partial charge in [0.25, 0.3) is 0 Å². The van der Waals surface area contributed by atoms with Crippen molar-refractivity contribution in [2.75, 3.05) is 0 Å². The molecule has 0 aromatic heterocycles. The zero-order valence-corrected chi connectivity index (χ0v) is 36.9. The van der Waals surface area contributed by atoms with Gasteiger partial charge < -0.3 is 0 Å². The number of rotatable bonds is 7. The SMILES string of the molecule is c1ccc(-c2cc(-c3ccccc3)cc(-c3ccc(-c4c5ccccc5c(-c5ccc6c(c5)C(c5cccc(-c7ccccc7)c5)c5ccccc5-6)c5ccccc45)c4ccccc34)c2)cc1. The van der Waals surface area contributed by atoms with Crippen molar-refractivity contribution in [2.24, 2.45) is 0 Å². The van der Waals surface area contributed by atoms with Crippen LogP contribution in [0.2, 0.25) is 0 Å². The van der Waals surface area contributed by atoms with Crippen molar-refractivity contribution >= 4 is 32.3 Å². The highest BCUT2D eigenvalue weighted by atomic mass is 14.3. The van der Waals surface area contributed by atoms with Crippen molar-refractivity contribution in [1.29, 1.82) is 0 Å². The van der Waals surface area contributed by atoms with E-state index in [0.717, 1.165) is 0 Å². The van der Waals surface area contributed by atoms with Crippen LogP contribution in [0.1, 0.15) is 22.6 Å². The van der Waals surface area contributed by atoms with Crippen molar-refractivity contribution in [3.8, 4) is 77.9 Å². The summed E-state index contributed by atoms with van der Waals surface area (Å²) in [6.45, 7) is 0. The summed E-state index contributed by atoms with van der Waals surface area (Å²) in [4.78, 5) is 0. The fourth-order valence-corrected chi connectivity index (χ4v) is 11.1. The molecule has 0 amide bonds. The first-order valence-corrected chi connectivity index (χ1v) is 23.4. The average molecular weight is 849 g/mol. The second-order valence-electron chi connectivity index (χ2n) is 17.9. The molecule has 1 atom stereocenters. The van der Waals surface area contributed by atoms with Gasteiger partial charge in [0.1, 0.15) is 0 Å². The van der Waals surface area contributed by atoms with Crippen LogP contribution in [0.5, 0.6) is 0 Å². The molecule has 0 radical (unpaired) electrons. The maximum Gasteiger partial charge on any atom is 0.0352 e. The van der Waals surface area contributed by atoms with Gasteiger partial charge in [-0.2, -0.15) is 0 Å². The lowest BCUT2D eigenvalue weighted by Crippen LogP contribution is -2.00. The van der Waals surface area contributed by atoms with Crippen molar-refractivity contribution < 1.29 is 0 Å². The summed E-state index contributed by atoms with van der Waals surface area (Å²) in [6.07, 6.45) is 0. The van der Waals surface area contributed by atoms with Gasteiger partial charge in [-0.25, -0.2) is 0 Å². The zero-order valence-electron chi connectivity index (χ0n) is 36.9. The van der Waals surface area contributed by atoms with Gasteiger partial charge in [-0.05, 0) is 151 Å². The van der Waals surface area contributed by atoms with Crippen LogP contribution in [-0.4, -0.2) is 0 Å². The molecular formula is C67H44. The molecule has 0 spiro atoms. The van der Waals surface area contributed by atoms with Gasteiger partial charge >= 0.3 is 0 Å². The lowest BCUT2D eigenvalue weighted by Gasteiger charge is -2.21. The molecule has 0 nitrogen and oxygen atoms in total. The standard InChI is InChI=1S/C67H44/c1-4-19-44(20-5-1)47-25-18-26-48(39-47)66-58-30-13-12-29-56(58)57-36-35-49(43-64(57)66)65-59-31-14-16-33-61(59)67(62-34-17-15-32-60(62)65)63-38-37-53(54-27-10-11-28-55(54)63)52-41-50(45-21-6-2-7-22-45)40-51(42-52)46-23-8-3-9-24-46/h1-43,66H. The summed E-state index contributed by atoms with van der Waals surface area (Å²) in [6, 6.07) is 96.6. The number of hydrogen-bond acceptors (Lipinski definition) is 0. The zero-order chi connectivity index (χ0) is 44.3. The lowest BCUT2D eigenvalue weighted by molar-refractivity contribution is 1.02. The monoisotopic (exact) mass is 848 g/mol. The Bertz CT molecular complexity index is 3730. The fourth-order valence-electron chi connectivity index (χ4n) is 11.1. The molecule has 0 saturated heterocycles. The highest BCUT2D eigenvalue weighted by molar-refractivity contribution is 6.24. The molecule has 1 aliphatic rings. The molecule has 13 rings (SSSR count). The Kier molecular flexibility index (Phi) is 9.36. The Labute approximate surface area is 391 Å². The van der Waals surface area contributed by atoms with Crippen molar-refractivity contribution in [2.45, 2.75) is 5.92 Å². The van der Waals surface area contributed by atoms with E-state index in [1.54, 1.807) is 0 Å². The molecule has 0 heterocycles. The molecule has 0 heteroatoms. The molecule has 0 saturated carbocycles. The predicted molar refractivity (Wildman–Crippen MR) is 284 cm³/mol. The molecule has 0 bridgehead atoms. The van der Waals surface area contributed by atoms with Crippen LogP contribution in [0.4, 0.5) is 0 Å². The molecule has 1 unspecified atom stereocenters. The first-order chi connectivity index (χ1) is 33.2. The number of hydrogen-bond donors (Lipinski definition) is 0.